The van der Waals surface area contributed by atoms with Crippen LogP contribution in [0.3, 0.4) is 0 Å². The van der Waals surface area contributed by atoms with E-state index in [0.29, 0.717) is 24.7 Å². The zero-order valence-corrected chi connectivity index (χ0v) is 11.1. The molecule has 1 rings (SSSR count). The fraction of sp³-hybridized carbons (Fsp3) is 0.500. The maximum atomic E-state index is 10.8. The predicted molar refractivity (Wildman–Crippen MR) is 69.4 cm³/mol. The first-order chi connectivity index (χ1) is 8.60. The highest BCUT2D eigenvalue weighted by Gasteiger charge is 2.18. The molecule has 0 saturated heterocycles. The van der Waals surface area contributed by atoms with Crippen LogP contribution in [0, 0.1) is 0 Å². The first-order valence-electron chi connectivity index (χ1n) is 6.20. The third-order valence-corrected chi connectivity index (χ3v) is 2.61. The predicted octanol–water partition coefficient (Wildman–Crippen LogP) is 3.06. The van der Waals surface area contributed by atoms with Crippen LogP contribution in [0.2, 0.25) is 0 Å². The van der Waals surface area contributed by atoms with Crippen molar-refractivity contribution in [2.45, 2.75) is 33.1 Å². The van der Waals surface area contributed by atoms with Gasteiger partial charge in [0.25, 0.3) is 0 Å². The van der Waals surface area contributed by atoms with Gasteiger partial charge in [0.15, 0.2) is 11.5 Å². The monoisotopic (exact) mass is 252 g/mol. The van der Waals surface area contributed by atoms with Crippen LogP contribution >= 0.6 is 0 Å². The third kappa shape index (κ3) is 3.65. The van der Waals surface area contributed by atoms with Gasteiger partial charge in [-0.1, -0.05) is 19.1 Å². The summed E-state index contributed by atoms with van der Waals surface area (Å²) in [6.45, 7) is 6.76. The lowest BCUT2D eigenvalue weighted by atomic mass is 9.96. The molecular formula is C14H20O4. The minimum Gasteiger partial charge on any atom is -0.490 e. The number of rotatable bonds is 7. The zero-order chi connectivity index (χ0) is 13.5. The number of carboxylic acid groups (broad SMARTS) is 1. The molecule has 1 N–H and O–H groups in total. The van der Waals surface area contributed by atoms with Crippen LogP contribution in [0.5, 0.6) is 11.5 Å². The summed E-state index contributed by atoms with van der Waals surface area (Å²) in [6, 6.07) is 5.59. The summed E-state index contributed by atoms with van der Waals surface area (Å²) in [5, 5.41) is 8.87. The Morgan fingerprint density at radius 1 is 1.28 bits per heavy atom. The van der Waals surface area contributed by atoms with Crippen LogP contribution in [0.25, 0.3) is 0 Å². The standard InChI is InChI=1S/C14H20O4/c1-4-17-12-8-6-7-11(14(12)18-5-2)10(3)9-13(15)16/h6-8,10H,4-5,9H2,1-3H3,(H,15,16). The highest BCUT2D eigenvalue weighted by atomic mass is 16.5. The number of para-hydroxylation sites is 1. The first-order valence-corrected chi connectivity index (χ1v) is 6.20. The van der Waals surface area contributed by atoms with Gasteiger partial charge < -0.3 is 14.6 Å². The molecule has 0 aromatic heterocycles. The normalized spacial score (nSPS) is 11.9. The maximum absolute atomic E-state index is 10.8. The lowest BCUT2D eigenvalue weighted by molar-refractivity contribution is -0.137. The molecule has 4 nitrogen and oxygen atoms in total. The number of benzene rings is 1. The van der Waals surface area contributed by atoms with Crippen molar-refractivity contribution in [3.63, 3.8) is 0 Å². The second-order valence-corrected chi connectivity index (χ2v) is 4.04. The van der Waals surface area contributed by atoms with E-state index < -0.39 is 5.97 Å². The Hall–Kier alpha value is -1.71. The highest BCUT2D eigenvalue weighted by Crippen LogP contribution is 2.37. The lowest BCUT2D eigenvalue weighted by Crippen LogP contribution is -2.07. The van der Waals surface area contributed by atoms with Gasteiger partial charge in [0, 0.05) is 5.56 Å². The molecule has 0 aliphatic heterocycles. The van der Waals surface area contributed by atoms with E-state index in [1.807, 2.05) is 39.0 Å². The Bertz CT molecular complexity index is 401. The molecular weight excluding hydrogens is 232 g/mol. The molecule has 100 valence electrons. The minimum absolute atomic E-state index is 0.0790. The molecule has 0 bridgehead atoms. The van der Waals surface area contributed by atoms with Gasteiger partial charge in [-0.3, -0.25) is 4.79 Å². The van der Waals surface area contributed by atoms with Gasteiger partial charge in [0.1, 0.15) is 0 Å². The van der Waals surface area contributed by atoms with E-state index in [4.69, 9.17) is 14.6 Å². The van der Waals surface area contributed by atoms with Crippen molar-refractivity contribution < 1.29 is 19.4 Å². The number of hydrogen-bond donors (Lipinski definition) is 1. The molecule has 1 atom stereocenters. The Kier molecular flexibility index (Phi) is 5.49. The average Bonchev–Trinajstić information content (AvgIpc) is 2.31. The molecule has 4 heteroatoms. The van der Waals surface area contributed by atoms with Crippen LogP contribution in [0.1, 0.15) is 38.7 Å². The largest absolute Gasteiger partial charge is 0.490 e. The van der Waals surface area contributed by atoms with E-state index in [-0.39, 0.29) is 12.3 Å². The summed E-state index contributed by atoms with van der Waals surface area (Å²) >= 11 is 0. The molecule has 0 fully saturated rings. The van der Waals surface area contributed by atoms with Crippen LogP contribution in [0.15, 0.2) is 18.2 Å². The van der Waals surface area contributed by atoms with E-state index in [1.54, 1.807) is 0 Å². The van der Waals surface area contributed by atoms with Crippen LogP contribution in [-0.4, -0.2) is 24.3 Å². The Labute approximate surface area is 108 Å². The number of hydrogen-bond acceptors (Lipinski definition) is 3. The van der Waals surface area contributed by atoms with E-state index in [9.17, 15) is 4.79 Å². The first kappa shape index (κ1) is 14.4. The molecule has 1 unspecified atom stereocenters. The van der Waals surface area contributed by atoms with Gasteiger partial charge in [-0.05, 0) is 25.8 Å². The summed E-state index contributed by atoms with van der Waals surface area (Å²) < 4.78 is 11.1. The van der Waals surface area contributed by atoms with Crippen molar-refractivity contribution in [2.75, 3.05) is 13.2 Å². The van der Waals surface area contributed by atoms with Crippen molar-refractivity contribution in [3.8, 4) is 11.5 Å². The SMILES string of the molecule is CCOc1cccc(C(C)CC(=O)O)c1OCC. The van der Waals surface area contributed by atoms with Crippen molar-refractivity contribution in [2.24, 2.45) is 0 Å². The van der Waals surface area contributed by atoms with Crippen molar-refractivity contribution >= 4 is 5.97 Å². The van der Waals surface area contributed by atoms with Crippen LogP contribution < -0.4 is 9.47 Å². The van der Waals surface area contributed by atoms with E-state index >= 15 is 0 Å². The Morgan fingerprint density at radius 3 is 2.50 bits per heavy atom. The van der Waals surface area contributed by atoms with Gasteiger partial charge in [-0.2, -0.15) is 0 Å². The molecule has 0 heterocycles. The van der Waals surface area contributed by atoms with Crippen LogP contribution in [0.4, 0.5) is 0 Å². The van der Waals surface area contributed by atoms with Crippen molar-refractivity contribution in [3.05, 3.63) is 23.8 Å². The minimum atomic E-state index is -0.813. The fourth-order valence-electron chi connectivity index (χ4n) is 1.86. The smallest absolute Gasteiger partial charge is 0.303 e. The number of carboxylic acids is 1. The molecule has 0 amide bonds. The zero-order valence-electron chi connectivity index (χ0n) is 11.1. The Balaban J connectivity index is 3.08. The van der Waals surface area contributed by atoms with Gasteiger partial charge in [-0.15, -0.1) is 0 Å². The molecule has 1 aromatic rings. The van der Waals surface area contributed by atoms with E-state index in [1.165, 1.54) is 0 Å². The highest BCUT2D eigenvalue weighted by molar-refractivity contribution is 5.68. The molecule has 0 saturated carbocycles. The fourth-order valence-corrected chi connectivity index (χ4v) is 1.86. The van der Waals surface area contributed by atoms with E-state index in [0.717, 1.165) is 5.56 Å². The van der Waals surface area contributed by atoms with Gasteiger partial charge in [0.05, 0.1) is 19.6 Å². The summed E-state index contributed by atoms with van der Waals surface area (Å²) in [5.74, 6) is 0.418. The third-order valence-electron chi connectivity index (χ3n) is 2.61. The maximum Gasteiger partial charge on any atom is 0.303 e. The van der Waals surface area contributed by atoms with Gasteiger partial charge in [-0.25, -0.2) is 0 Å². The second-order valence-electron chi connectivity index (χ2n) is 4.04. The molecule has 0 radical (unpaired) electrons. The lowest BCUT2D eigenvalue weighted by Gasteiger charge is -2.18. The number of ether oxygens (including phenoxy) is 2. The average molecular weight is 252 g/mol. The summed E-state index contributed by atoms with van der Waals surface area (Å²) in [5.41, 5.74) is 0.880. The quantitative estimate of drug-likeness (QED) is 0.810. The molecule has 0 aliphatic rings. The summed E-state index contributed by atoms with van der Waals surface area (Å²) in [7, 11) is 0. The second kappa shape index (κ2) is 6.89. The molecule has 18 heavy (non-hydrogen) atoms. The van der Waals surface area contributed by atoms with Gasteiger partial charge >= 0.3 is 5.97 Å². The van der Waals surface area contributed by atoms with Gasteiger partial charge in [0.2, 0.25) is 0 Å². The molecule has 0 aliphatic carbocycles. The van der Waals surface area contributed by atoms with E-state index in [2.05, 4.69) is 0 Å². The van der Waals surface area contributed by atoms with Crippen molar-refractivity contribution in [1.82, 2.24) is 0 Å². The number of aliphatic carboxylic acids is 1. The van der Waals surface area contributed by atoms with Crippen LogP contribution in [-0.2, 0) is 4.79 Å². The molecule has 0 spiro atoms. The summed E-state index contributed by atoms with van der Waals surface area (Å²) in [6.07, 6.45) is 0.0790. The topological polar surface area (TPSA) is 55.8 Å². The Morgan fingerprint density at radius 2 is 1.94 bits per heavy atom. The summed E-state index contributed by atoms with van der Waals surface area (Å²) in [4.78, 5) is 10.8. The molecule has 1 aromatic carbocycles. The van der Waals surface area contributed by atoms with Crippen molar-refractivity contribution in [1.29, 1.82) is 0 Å². The number of carbonyl (C=O) groups is 1.